The van der Waals surface area contributed by atoms with E-state index in [0.29, 0.717) is 0 Å². The summed E-state index contributed by atoms with van der Waals surface area (Å²) in [6.45, 7) is 17.1. The van der Waals surface area contributed by atoms with Gasteiger partial charge in [0.25, 0.3) is 10.0 Å². The van der Waals surface area contributed by atoms with E-state index < -0.39 is 55.2 Å². The van der Waals surface area contributed by atoms with Gasteiger partial charge in [0.15, 0.2) is 36.2 Å². The molecule has 116 valence electrons. The zero-order chi connectivity index (χ0) is 15.1. The molecule has 0 heterocycles. The molecule has 11 heteroatoms. The molecule has 0 saturated heterocycles. The van der Waals surface area contributed by atoms with Crippen LogP contribution < -0.4 is 0 Å². The highest BCUT2D eigenvalue weighted by atomic mass is 28.5. The summed E-state index contributed by atoms with van der Waals surface area (Å²) in [6, 6.07) is 0. The van der Waals surface area contributed by atoms with Gasteiger partial charge < -0.3 is 20.6 Å². The van der Waals surface area contributed by atoms with Crippen LogP contribution in [-0.2, 0) is 20.6 Å². The maximum absolute atomic E-state index is 6.09. The van der Waals surface area contributed by atoms with Crippen molar-refractivity contribution in [3.8, 4) is 0 Å². The molecule has 0 aliphatic carbocycles. The van der Waals surface area contributed by atoms with Gasteiger partial charge >= 0.3 is 9.05 Å². The summed E-state index contributed by atoms with van der Waals surface area (Å²) >= 11 is 0. The van der Waals surface area contributed by atoms with Crippen LogP contribution in [0.5, 0.6) is 0 Å². The lowest BCUT2D eigenvalue weighted by Gasteiger charge is -2.33. The third-order valence-corrected chi connectivity index (χ3v) is 16.0. The van der Waals surface area contributed by atoms with Crippen molar-refractivity contribution in [3.63, 3.8) is 0 Å². The highest BCUT2D eigenvalue weighted by Gasteiger charge is 2.46. The van der Waals surface area contributed by atoms with Crippen molar-refractivity contribution in [3.05, 3.63) is 0 Å². The molecular weight excluding hydrogens is 345 g/mol. The molecule has 0 bridgehead atoms. The van der Waals surface area contributed by atoms with Gasteiger partial charge in [-0.25, -0.2) is 0 Å². The van der Waals surface area contributed by atoms with Crippen molar-refractivity contribution < 1.29 is 20.6 Å². The van der Waals surface area contributed by atoms with E-state index in [2.05, 4.69) is 52.4 Å². The lowest BCUT2D eigenvalue weighted by Crippen LogP contribution is -2.56. The Morgan fingerprint density at radius 2 is 1.00 bits per heavy atom. The molecule has 0 rings (SSSR count). The maximum Gasteiger partial charge on any atom is 0.637 e. The van der Waals surface area contributed by atoms with Gasteiger partial charge in [-0.1, -0.05) is 0 Å². The van der Waals surface area contributed by atoms with E-state index in [-0.39, 0.29) is 0 Å². The second-order valence-corrected chi connectivity index (χ2v) is 20.4. The monoisotopic (exact) mass is 374 g/mol. The minimum absolute atomic E-state index is 1.04. The van der Waals surface area contributed by atoms with Gasteiger partial charge in [-0.05, 0) is 52.4 Å². The van der Waals surface area contributed by atoms with Crippen LogP contribution in [0.3, 0.4) is 0 Å². The quantitative estimate of drug-likeness (QED) is 0.519. The van der Waals surface area contributed by atoms with Crippen LogP contribution in [0, 0.1) is 0 Å². The van der Waals surface area contributed by atoms with Crippen LogP contribution in [0.2, 0.25) is 52.4 Å². The fraction of sp³-hybridized carbons (Fsp3) is 1.00. The molecule has 0 fully saturated rings. The Balaban J connectivity index is 4.77. The average molecular weight is 375 g/mol. The Morgan fingerprint density at radius 1 is 0.632 bits per heavy atom. The summed E-state index contributed by atoms with van der Waals surface area (Å²) < 4.78 is 30.0. The Morgan fingerprint density at radius 3 is 1.26 bits per heavy atom. The first-order chi connectivity index (χ1) is 8.67. The molecule has 0 N–H and O–H groups in total. The van der Waals surface area contributed by atoms with Crippen LogP contribution in [-0.4, -0.2) is 55.2 Å². The molecule has 0 atom stereocenters. The van der Waals surface area contributed by atoms with Gasteiger partial charge in [-0.2, -0.15) is 0 Å². The molecule has 5 nitrogen and oxygen atoms in total. The fourth-order valence-corrected chi connectivity index (χ4v) is 15.6. The van der Waals surface area contributed by atoms with Crippen LogP contribution >= 0.6 is 0 Å². The largest absolute Gasteiger partial charge is 0.637 e. The molecule has 0 radical (unpaired) electrons. The third kappa shape index (κ3) is 10.5. The molecule has 19 heavy (non-hydrogen) atoms. The minimum Gasteiger partial charge on any atom is -0.444 e. The standard InChI is InChI=1S/C8H30O5Si6/c1-15(2)9-14-10-19(11-16(3)4,12-17(5)6)13-18(7)8/h15-18H,14H2,1-8H3. The lowest BCUT2D eigenvalue weighted by atomic mass is 11.9. The zero-order valence-corrected chi connectivity index (χ0v) is 20.6. The molecule has 0 spiro atoms. The number of rotatable bonds is 10. The van der Waals surface area contributed by atoms with Crippen molar-refractivity contribution in [2.75, 3.05) is 0 Å². The van der Waals surface area contributed by atoms with Crippen molar-refractivity contribution in [1.29, 1.82) is 0 Å². The number of hydrogen-bond acceptors (Lipinski definition) is 5. The van der Waals surface area contributed by atoms with Gasteiger partial charge in [0.1, 0.15) is 0 Å². The Kier molecular flexibility index (Phi) is 10.5. The zero-order valence-electron chi connectivity index (χ0n) is 13.6. The highest BCUT2D eigenvalue weighted by molar-refractivity contribution is 6.78. The number of hydrogen-bond donors (Lipinski definition) is 0. The Bertz CT molecular complexity index is 213. The maximum atomic E-state index is 6.09. The Labute approximate surface area is 128 Å². The average Bonchev–Trinajstić information content (AvgIpc) is 2.12. The summed E-state index contributed by atoms with van der Waals surface area (Å²) in [5.74, 6) is 0. The molecular formula is C8H30O5Si6. The normalized spacial score (nSPS) is 13.9. The first-order valence-corrected chi connectivity index (χ1v) is 20.9. The first-order valence-electron chi connectivity index (χ1n) is 6.96. The van der Waals surface area contributed by atoms with E-state index >= 15 is 0 Å². The molecule has 0 aromatic carbocycles. The predicted octanol–water partition coefficient (Wildman–Crippen LogP) is 0.437. The molecule has 0 saturated carbocycles. The highest BCUT2D eigenvalue weighted by Crippen LogP contribution is 2.16. The van der Waals surface area contributed by atoms with Crippen molar-refractivity contribution in [1.82, 2.24) is 0 Å². The molecule has 0 aliphatic rings. The van der Waals surface area contributed by atoms with Crippen LogP contribution in [0.4, 0.5) is 0 Å². The summed E-state index contributed by atoms with van der Waals surface area (Å²) in [4.78, 5) is 0. The van der Waals surface area contributed by atoms with Crippen LogP contribution in [0.15, 0.2) is 0 Å². The van der Waals surface area contributed by atoms with E-state index in [0.717, 1.165) is 0 Å². The summed E-state index contributed by atoms with van der Waals surface area (Å²) in [5, 5.41) is 0. The van der Waals surface area contributed by atoms with Crippen LogP contribution in [0.1, 0.15) is 0 Å². The van der Waals surface area contributed by atoms with E-state index in [1.165, 1.54) is 0 Å². The predicted molar refractivity (Wildman–Crippen MR) is 95.2 cm³/mol. The van der Waals surface area contributed by atoms with Gasteiger partial charge in [-0.15, -0.1) is 0 Å². The van der Waals surface area contributed by atoms with Crippen molar-refractivity contribution in [2.45, 2.75) is 52.4 Å². The molecule has 0 unspecified atom stereocenters. The van der Waals surface area contributed by atoms with Crippen LogP contribution in [0.25, 0.3) is 0 Å². The second kappa shape index (κ2) is 9.93. The van der Waals surface area contributed by atoms with E-state index in [9.17, 15) is 0 Å². The van der Waals surface area contributed by atoms with Gasteiger partial charge in [0.05, 0.1) is 0 Å². The molecule has 0 amide bonds. The van der Waals surface area contributed by atoms with Crippen molar-refractivity contribution in [2.24, 2.45) is 0 Å². The Hall–Kier alpha value is 1.10. The van der Waals surface area contributed by atoms with Gasteiger partial charge in [-0.3, -0.25) is 0 Å². The summed E-state index contributed by atoms with van der Waals surface area (Å²) in [6.07, 6.45) is 0. The van der Waals surface area contributed by atoms with Gasteiger partial charge in [0, 0.05) is 0 Å². The van der Waals surface area contributed by atoms with E-state index in [1.807, 2.05) is 0 Å². The van der Waals surface area contributed by atoms with Crippen molar-refractivity contribution >= 4 is 55.2 Å². The molecule has 0 aliphatic heterocycles. The van der Waals surface area contributed by atoms with E-state index in [1.54, 1.807) is 0 Å². The van der Waals surface area contributed by atoms with E-state index in [4.69, 9.17) is 20.6 Å². The lowest BCUT2D eigenvalue weighted by molar-refractivity contribution is 0.158. The molecule has 0 aromatic heterocycles. The first kappa shape index (κ1) is 20.1. The fourth-order valence-electron chi connectivity index (χ4n) is 1.29. The minimum atomic E-state index is -2.91. The summed E-state index contributed by atoms with van der Waals surface area (Å²) in [5.41, 5.74) is 0. The topological polar surface area (TPSA) is 46.2 Å². The SMILES string of the molecule is C[SiH](C)O[SiH2]O[Si](O[SiH](C)C)(O[SiH](C)C)O[SiH](C)C. The smallest absolute Gasteiger partial charge is 0.444 e. The summed E-state index contributed by atoms with van der Waals surface area (Å²) in [7, 11) is -8.82. The van der Waals surface area contributed by atoms with Gasteiger partial charge in [0.2, 0.25) is 0 Å². The molecule has 0 aromatic rings. The second-order valence-electron chi connectivity index (χ2n) is 5.48. The third-order valence-electron chi connectivity index (χ3n) is 1.78.